The molecule has 112 valence electrons. The fraction of sp³-hybridized carbons (Fsp3) is 0.500. The fourth-order valence-electron chi connectivity index (χ4n) is 2.01. The quantitative estimate of drug-likeness (QED) is 0.908. The fourth-order valence-corrected chi connectivity index (χ4v) is 3.76. The smallest absolute Gasteiger partial charge is 0.246 e. The summed E-state index contributed by atoms with van der Waals surface area (Å²) in [5.74, 6) is -0.932. The zero-order chi connectivity index (χ0) is 14.9. The molecule has 0 amide bonds. The molecule has 1 saturated heterocycles. The van der Waals surface area contributed by atoms with Crippen molar-refractivity contribution in [2.24, 2.45) is 5.73 Å². The minimum atomic E-state index is -3.94. The van der Waals surface area contributed by atoms with E-state index in [-0.39, 0.29) is 30.8 Å². The minimum Gasteiger partial charge on any atom is -0.374 e. The molecule has 0 saturated carbocycles. The van der Waals surface area contributed by atoms with Gasteiger partial charge in [-0.1, -0.05) is 17.7 Å². The summed E-state index contributed by atoms with van der Waals surface area (Å²) in [7, 11) is -3.94. The Bertz CT molecular complexity index is 594. The van der Waals surface area contributed by atoms with Gasteiger partial charge in [0.1, 0.15) is 4.90 Å². The Morgan fingerprint density at radius 2 is 2.25 bits per heavy atom. The first-order chi connectivity index (χ1) is 9.34. The normalized spacial score (nSPS) is 22.7. The number of rotatable bonds is 3. The predicted molar refractivity (Wildman–Crippen MR) is 73.6 cm³/mol. The van der Waals surface area contributed by atoms with Gasteiger partial charge in [0.2, 0.25) is 10.0 Å². The maximum Gasteiger partial charge on any atom is 0.246 e. The summed E-state index contributed by atoms with van der Waals surface area (Å²) in [5.41, 5.74) is 5.72. The molecule has 2 rings (SSSR count). The number of ether oxygens (including phenoxy) is 1. The third-order valence-corrected chi connectivity index (χ3v) is 5.35. The van der Waals surface area contributed by atoms with E-state index in [1.54, 1.807) is 6.92 Å². The van der Waals surface area contributed by atoms with E-state index < -0.39 is 26.8 Å². The van der Waals surface area contributed by atoms with E-state index in [2.05, 4.69) is 0 Å². The molecule has 1 aromatic rings. The van der Waals surface area contributed by atoms with Gasteiger partial charge in [-0.05, 0) is 19.1 Å². The molecule has 5 nitrogen and oxygen atoms in total. The number of benzene rings is 1. The molecule has 1 fully saturated rings. The van der Waals surface area contributed by atoms with Crippen LogP contribution >= 0.6 is 11.6 Å². The van der Waals surface area contributed by atoms with Crippen molar-refractivity contribution in [3.63, 3.8) is 0 Å². The van der Waals surface area contributed by atoms with Crippen LogP contribution in [0.3, 0.4) is 0 Å². The van der Waals surface area contributed by atoms with E-state index in [4.69, 9.17) is 22.1 Å². The maximum atomic E-state index is 13.9. The first-order valence-corrected chi connectivity index (χ1v) is 7.97. The van der Waals surface area contributed by atoms with Crippen molar-refractivity contribution in [1.29, 1.82) is 0 Å². The highest BCUT2D eigenvalue weighted by Gasteiger charge is 2.34. The number of hydrogen-bond donors (Lipinski definition) is 1. The van der Waals surface area contributed by atoms with Gasteiger partial charge in [0.15, 0.2) is 5.82 Å². The molecule has 8 heteroatoms. The summed E-state index contributed by atoms with van der Waals surface area (Å²) >= 11 is 5.64. The average molecular weight is 323 g/mol. The Hall–Kier alpha value is -0.730. The Balaban J connectivity index is 2.33. The van der Waals surface area contributed by atoms with E-state index in [0.29, 0.717) is 0 Å². The Morgan fingerprint density at radius 3 is 2.90 bits per heavy atom. The molecular formula is C12H16ClFN2O3S. The standard InChI is InChI=1S/C12H16ClFN2O3S/c1-8(15)10-7-16(5-6-19-10)20(17,18)11-4-2-3-9(13)12(11)14/h2-4,8,10H,5-7,15H2,1H3. The van der Waals surface area contributed by atoms with Gasteiger partial charge in [0.05, 0.1) is 17.7 Å². The number of hydrogen-bond acceptors (Lipinski definition) is 4. The second-order valence-electron chi connectivity index (χ2n) is 4.68. The van der Waals surface area contributed by atoms with Crippen LogP contribution in [-0.2, 0) is 14.8 Å². The van der Waals surface area contributed by atoms with Crippen LogP contribution in [0.15, 0.2) is 23.1 Å². The van der Waals surface area contributed by atoms with Crippen molar-refractivity contribution in [2.75, 3.05) is 19.7 Å². The van der Waals surface area contributed by atoms with E-state index in [9.17, 15) is 12.8 Å². The SMILES string of the molecule is CC(N)C1CN(S(=O)(=O)c2cccc(Cl)c2F)CCO1. The number of nitrogens with two attached hydrogens (primary N) is 1. The first-order valence-electron chi connectivity index (χ1n) is 6.15. The van der Waals surface area contributed by atoms with E-state index in [1.165, 1.54) is 22.5 Å². The summed E-state index contributed by atoms with van der Waals surface area (Å²) in [6, 6.07) is 3.60. The molecule has 2 N–H and O–H groups in total. The van der Waals surface area contributed by atoms with Crippen molar-refractivity contribution in [2.45, 2.75) is 24.0 Å². The molecule has 1 aliphatic rings. The van der Waals surface area contributed by atoms with Crippen LogP contribution in [0.25, 0.3) is 0 Å². The summed E-state index contributed by atoms with van der Waals surface area (Å²) < 4.78 is 45.4. The zero-order valence-electron chi connectivity index (χ0n) is 10.9. The highest BCUT2D eigenvalue weighted by atomic mass is 35.5. The van der Waals surface area contributed by atoms with Gasteiger partial charge in [-0.2, -0.15) is 4.31 Å². The van der Waals surface area contributed by atoms with Crippen molar-refractivity contribution >= 4 is 21.6 Å². The van der Waals surface area contributed by atoms with Gasteiger partial charge in [-0.25, -0.2) is 12.8 Å². The van der Waals surface area contributed by atoms with Crippen LogP contribution in [0, 0.1) is 5.82 Å². The molecule has 1 heterocycles. The van der Waals surface area contributed by atoms with Crippen LogP contribution in [0.4, 0.5) is 4.39 Å². The van der Waals surface area contributed by atoms with E-state index in [0.717, 1.165) is 0 Å². The van der Waals surface area contributed by atoms with Gasteiger partial charge in [0.25, 0.3) is 0 Å². The summed E-state index contributed by atoms with van der Waals surface area (Å²) in [5, 5.41) is -0.219. The molecule has 0 aromatic heterocycles. The minimum absolute atomic E-state index is 0.103. The third-order valence-electron chi connectivity index (χ3n) is 3.18. The maximum absolute atomic E-state index is 13.9. The molecule has 20 heavy (non-hydrogen) atoms. The van der Waals surface area contributed by atoms with Crippen LogP contribution < -0.4 is 5.73 Å². The lowest BCUT2D eigenvalue weighted by Crippen LogP contribution is -2.51. The third kappa shape index (κ3) is 2.96. The van der Waals surface area contributed by atoms with Crippen LogP contribution in [0.5, 0.6) is 0 Å². The molecule has 1 aliphatic heterocycles. The predicted octanol–water partition coefficient (Wildman–Crippen LogP) is 1.22. The largest absolute Gasteiger partial charge is 0.374 e. The van der Waals surface area contributed by atoms with Crippen molar-refractivity contribution in [3.05, 3.63) is 29.0 Å². The Morgan fingerprint density at radius 1 is 1.55 bits per heavy atom. The van der Waals surface area contributed by atoms with Crippen molar-refractivity contribution in [3.8, 4) is 0 Å². The van der Waals surface area contributed by atoms with Crippen LogP contribution in [0.2, 0.25) is 5.02 Å². The molecule has 0 bridgehead atoms. The van der Waals surface area contributed by atoms with Gasteiger partial charge in [0, 0.05) is 19.1 Å². The summed E-state index contributed by atoms with van der Waals surface area (Å²) in [6.07, 6.45) is -0.402. The highest BCUT2D eigenvalue weighted by molar-refractivity contribution is 7.89. The van der Waals surface area contributed by atoms with E-state index in [1.807, 2.05) is 0 Å². The van der Waals surface area contributed by atoms with Crippen molar-refractivity contribution < 1.29 is 17.5 Å². The summed E-state index contributed by atoms with van der Waals surface area (Å²) in [4.78, 5) is -0.421. The topological polar surface area (TPSA) is 72.6 Å². The zero-order valence-corrected chi connectivity index (χ0v) is 12.5. The molecule has 2 unspecified atom stereocenters. The second kappa shape index (κ2) is 5.95. The van der Waals surface area contributed by atoms with Crippen LogP contribution in [-0.4, -0.2) is 44.6 Å². The van der Waals surface area contributed by atoms with Gasteiger partial charge in [-0.15, -0.1) is 0 Å². The van der Waals surface area contributed by atoms with Gasteiger partial charge in [-0.3, -0.25) is 0 Å². The number of nitrogens with zero attached hydrogens (tertiary/aromatic N) is 1. The van der Waals surface area contributed by atoms with Gasteiger partial charge >= 0.3 is 0 Å². The lowest BCUT2D eigenvalue weighted by Gasteiger charge is -2.33. The molecule has 1 aromatic carbocycles. The Kier molecular flexibility index (Phi) is 4.66. The molecule has 0 aliphatic carbocycles. The second-order valence-corrected chi connectivity index (χ2v) is 7.00. The number of morpholine rings is 1. The monoisotopic (exact) mass is 322 g/mol. The number of halogens is 2. The first kappa shape index (κ1) is 15.7. The van der Waals surface area contributed by atoms with Crippen LogP contribution in [0.1, 0.15) is 6.92 Å². The van der Waals surface area contributed by atoms with Crippen molar-refractivity contribution in [1.82, 2.24) is 4.31 Å². The van der Waals surface area contributed by atoms with Gasteiger partial charge < -0.3 is 10.5 Å². The number of sulfonamides is 1. The molecular weight excluding hydrogens is 307 g/mol. The lowest BCUT2D eigenvalue weighted by molar-refractivity contribution is -0.0120. The molecule has 2 atom stereocenters. The lowest BCUT2D eigenvalue weighted by atomic mass is 10.2. The average Bonchev–Trinajstić information content (AvgIpc) is 2.41. The van der Waals surface area contributed by atoms with E-state index >= 15 is 0 Å². The highest BCUT2D eigenvalue weighted by Crippen LogP contribution is 2.26. The molecule has 0 radical (unpaired) electrons. The summed E-state index contributed by atoms with van der Waals surface area (Å²) in [6.45, 7) is 2.23. The molecule has 0 spiro atoms. The Labute approximate surface area is 122 Å².